The van der Waals surface area contributed by atoms with Gasteiger partial charge in [0.1, 0.15) is 10.8 Å². The Balaban J connectivity index is 2.64. The standard InChI is InChI=1S/C11H18N4O2S2/c1-11(2,15-19(3,16)17)7-14-9-5-4-8(6-13-9)10(12)18/h4-6,15H,7H2,1-3H3,(H2,12,18)(H,13,14). The van der Waals surface area contributed by atoms with Gasteiger partial charge in [-0.15, -0.1) is 0 Å². The van der Waals surface area contributed by atoms with E-state index >= 15 is 0 Å². The number of aromatic nitrogens is 1. The maximum atomic E-state index is 11.2. The van der Waals surface area contributed by atoms with E-state index in [1.807, 2.05) is 0 Å². The van der Waals surface area contributed by atoms with Crippen molar-refractivity contribution in [3.63, 3.8) is 0 Å². The molecular weight excluding hydrogens is 284 g/mol. The first-order valence-corrected chi connectivity index (χ1v) is 7.88. The molecule has 1 heterocycles. The molecule has 0 bridgehead atoms. The average molecular weight is 302 g/mol. The van der Waals surface area contributed by atoms with E-state index in [-0.39, 0.29) is 4.99 Å². The van der Waals surface area contributed by atoms with Crippen molar-refractivity contribution in [2.45, 2.75) is 19.4 Å². The van der Waals surface area contributed by atoms with Crippen molar-refractivity contribution in [2.24, 2.45) is 5.73 Å². The van der Waals surface area contributed by atoms with Crippen LogP contribution in [-0.2, 0) is 10.0 Å². The number of pyridine rings is 1. The lowest BCUT2D eigenvalue weighted by Crippen LogP contribution is -2.47. The van der Waals surface area contributed by atoms with Crippen molar-refractivity contribution in [3.05, 3.63) is 23.9 Å². The van der Waals surface area contributed by atoms with Crippen LogP contribution < -0.4 is 15.8 Å². The van der Waals surface area contributed by atoms with Gasteiger partial charge in [0, 0.05) is 23.8 Å². The molecule has 0 radical (unpaired) electrons. The third-order valence-electron chi connectivity index (χ3n) is 2.22. The lowest BCUT2D eigenvalue weighted by atomic mass is 10.1. The second-order valence-corrected chi connectivity index (χ2v) is 7.10. The highest BCUT2D eigenvalue weighted by atomic mass is 32.2. The molecule has 1 aromatic heterocycles. The Bertz CT molecular complexity index is 553. The molecule has 0 unspecified atom stereocenters. The van der Waals surface area contributed by atoms with Crippen molar-refractivity contribution in [1.82, 2.24) is 9.71 Å². The van der Waals surface area contributed by atoms with E-state index in [1.165, 1.54) is 0 Å². The number of nitrogens with one attached hydrogen (secondary N) is 2. The quantitative estimate of drug-likeness (QED) is 0.660. The summed E-state index contributed by atoms with van der Waals surface area (Å²) in [4.78, 5) is 4.43. The average Bonchev–Trinajstić information content (AvgIpc) is 2.24. The molecule has 0 fully saturated rings. The monoisotopic (exact) mass is 302 g/mol. The van der Waals surface area contributed by atoms with Gasteiger partial charge in [-0.2, -0.15) is 0 Å². The normalized spacial score (nSPS) is 12.2. The van der Waals surface area contributed by atoms with Gasteiger partial charge in [-0.05, 0) is 26.0 Å². The van der Waals surface area contributed by atoms with Crippen LogP contribution in [0.2, 0.25) is 0 Å². The van der Waals surface area contributed by atoms with Gasteiger partial charge in [-0.1, -0.05) is 12.2 Å². The fourth-order valence-electron chi connectivity index (χ4n) is 1.49. The number of hydrogen-bond acceptors (Lipinski definition) is 5. The van der Waals surface area contributed by atoms with E-state index in [0.717, 1.165) is 6.26 Å². The van der Waals surface area contributed by atoms with Crippen LogP contribution in [0.5, 0.6) is 0 Å². The Morgan fingerprint density at radius 1 is 1.47 bits per heavy atom. The van der Waals surface area contributed by atoms with Crippen LogP contribution in [-0.4, -0.2) is 36.7 Å². The number of sulfonamides is 1. The maximum Gasteiger partial charge on any atom is 0.209 e. The van der Waals surface area contributed by atoms with Crippen LogP contribution in [0.3, 0.4) is 0 Å². The summed E-state index contributed by atoms with van der Waals surface area (Å²) >= 11 is 4.83. The summed E-state index contributed by atoms with van der Waals surface area (Å²) in [7, 11) is -3.25. The lowest BCUT2D eigenvalue weighted by molar-refractivity contribution is 0.476. The molecule has 0 saturated heterocycles. The number of hydrogen-bond donors (Lipinski definition) is 3. The lowest BCUT2D eigenvalue weighted by Gasteiger charge is -2.25. The van der Waals surface area contributed by atoms with Crippen molar-refractivity contribution in [2.75, 3.05) is 18.1 Å². The highest BCUT2D eigenvalue weighted by Crippen LogP contribution is 2.09. The topological polar surface area (TPSA) is 97.1 Å². The first-order valence-electron chi connectivity index (χ1n) is 5.58. The second kappa shape index (κ2) is 5.81. The SMILES string of the molecule is CC(C)(CNc1ccc(C(N)=S)cn1)NS(C)(=O)=O. The van der Waals surface area contributed by atoms with Crippen LogP contribution in [0.4, 0.5) is 5.82 Å². The molecule has 6 nitrogen and oxygen atoms in total. The predicted octanol–water partition coefficient (Wildman–Crippen LogP) is 0.455. The van der Waals surface area contributed by atoms with Gasteiger partial charge < -0.3 is 11.1 Å². The van der Waals surface area contributed by atoms with Gasteiger partial charge in [0.2, 0.25) is 10.0 Å². The van der Waals surface area contributed by atoms with Gasteiger partial charge >= 0.3 is 0 Å². The van der Waals surface area contributed by atoms with Crippen LogP contribution >= 0.6 is 12.2 Å². The Kier molecular flexibility index (Phi) is 4.83. The molecule has 0 spiro atoms. The zero-order valence-electron chi connectivity index (χ0n) is 11.1. The van der Waals surface area contributed by atoms with Crippen LogP contribution in [0.15, 0.2) is 18.3 Å². The van der Waals surface area contributed by atoms with E-state index in [2.05, 4.69) is 15.0 Å². The summed E-state index contributed by atoms with van der Waals surface area (Å²) < 4.78 is 24.9. The summed E-state index contributed by atoms with van der Waals surface area (Å²) in [6.45, 7) is 3.97. The largest absolute Gasteiger partial charge is 0.389 e. The molecule has 106 valence electrons. The molecule has 8 heteroatoms. The van der Waals surface area contributed by atoms with E-state index < -0.39 is 15.6 Å². The van der Waals surface area contributed by atoms with E-state index in [4.69, 9.17) is 18.0 Å². The number of anilines is 1. The fraction of sp³-hybridized carbons (Fsp3) is 0.455. The molecular formula is C11H18N4O2S2. The third-order valence-corrected chi connectivity index (χ3v) is 3.38. The van der Waals surface area contributed by atoms with Crippen molar-refractivity contribution in [3.8, 4) is 0 Å². The predicted molar refractivity (Wildman–Crippen MR) is 80.7 cm³/mol. The smallest absolute Gasteiger partial charge is 0.209 e. The Morgan fingerprint density at radius 3 is 2.53 bits per heavy atom. The summed E-state index contributed by atoms with van der Waals surface area (Å²) in [5, 5.41) is 3.05. The van der Waals surface area contributed by atoms with Crippen molar-refractivity contribution < 1.29 is 8.42 Å². The molecule has 0 atom stereocenters. The summed E-state index contributed by atoms with van der Waals surface area (Å²) in [6, 6.07) is 3.50. The third kappa shape index (κ3) is 5.95. The zero-order chi connectivity index (χ0) is 14.7. The van der Waals surface area contributed by atoms with Gasteiger partial charge in [-0.25, -0.2) is 18.1 Å². The minimum Gasteiger partial charge on any atom is -0.389 e. The fourth-order valence-corrected chi connectivity index (χ4v) is 2.69. The minimum absolute atomic E-state index is 0.290. The Labute approximate surface area is 118 Å². The van der Waals surface area contributed by atoms with Crippen molar-refractivity contribution >= 4 is 33.0 Å². The molecule has 0 aliphatic rings. The second-order valence-electron chi connectivity index (χ2n) is 4.91. The molecule has 0 aliphatic heterocycles. The number of rotatable bonds is 6. The molecule has 0 aliphatic carbocycles. The highest BCUT2D eigenvalue weighted by molar-refractivity contribution is 7.88. The van der Waals surface area contributed by atoms with Gasteiger partial charge in [0.05, 0.1) is 6.26 Å². The van der Waals surface area contributed by atoms with Gasteiger partial charge in [0.25, 0.3) is 0 Å². The highest BCUT2D eigenvalue weighted by Gasteiger charge is 2.21. The van der Waals surface area contributed by atoms with Gasteiger partial charge in [0.15, 0.2) is 0 Å². The van der Waals surface area contributed by atoms with Crippen LogP contribution in [0.1, 0.15) is 19.4 Å². The number of thiocarbonyl (C=S) groups is 1. The first-order chi connectivity index (χ1) is 8.59. The van der Waals surface area contributed by atoms with Crippen molar-refractivity contribution in [1.29, 1.82) is 0 Å². The molecule has 19 heavy (non-hydrogen) atoms. The molecule has 1 aromatic rings. The molecule has 1 rings (SSSR count). The van der Waals surface area contributed by atoms with Crippen LogP contribution in [0, 0.1) is 0 Å². The molecule has 0 amide bonds. The minimum atomic E-state index is -3.25. The molecule has 0 aromatic carbocycles. The summed E-state index contributed by atoms with van der Waals surface area (Å²) in [6.07, 6.45) is 2.70. The molecule has 4 N–H and O–H groups in total. The Morgan fingerprint density at radius 2 is 2.11 bits per heavy atom. The Hall–Kier alpha value is -1.25. The summed E-state index contributed by atoms with van der Waals surface area (Å²) in [5.74, 6) is 0.628. The molecule has 0 saturated carbocycles. The van der Waals surface area contributed by atoms with E-state index in [1.54, 1.807) is 32.2 Å². The first kappa shape index (κ1) is 15.8. The maximum absolute atomic E-state index is 11.2. The number of nitrogens with zero attached hydrogens (tertiary/aromatic N) is 1. The zero-order valence-corrected chi connectivity index (χ0v) is 12.7. The van der Waals surface area contributed by atoms with Gasteiger partial charge in [-0.3, -0.25) is 0 Å². The van der Waals surface area contributed by atoms with E-state index in [9.17, 15) is 8.42 Å². The van der Waals surface area contributed by atoms with Crippen LogP contribution in [0.25, 0.3) is 0 Å². The number of nitrogens with two attached hydrogens (primary N) is 1. The van der Waals surface area contributed by atoms with E-state index in [0.29, 0.717) is 17.9 Å². The summed E-state index contributed by atoms with van der Waals surface area (Å²) in [5.41, 5.74) is 5.55.